The van der Waals surface area contributed by atoms with Crippen molar-refractivity contribution >= 4 is 11.6 Å². The molecule has 1 N–H and O–H groups in total. The fraction of sp³-hybridized carbons (Fsp3) is 0.533. The summed E-state index contributed by atoms with van der Waals surface area (Å²) >= 11 is 0. The lowest BCUT2D eigenvalue weighted by atomic mass is 10.1. The zero-order valence-corrected chi connectivity index (χ0v) is 11.7. The molecule has 108 valence electrons. The fourth-order valence-corrected chi connectivity index (χ4v) is 2.65. The molecule has 1 aromatic rings. The topological polar surface area (TPSA) is 50.8 Å². The van der Waals surface area contributed by atoms with Gasteiger partial charge in [0, 0.05) is 25.2 Å². The molecule has 5 nitrogen and oxygen atoms in total. The van der Waals surface area contributed by atoms with E-state index in [9.17, 15) is 4.79 Å². The number of fused-ring (bicyclic) bond motifs is 1. The van der Waals surface area contributed by atoms with Crippen LogP contribution in [0.25, 0.3) is 0 Å². The summed E-state index contributed by atoms with van der Waals surface area (Å²) in [7, 11) is 0. The largest absolute Gasteiger partial charge is 0.493 e. The molecule has 3 rings (SSSR count). The third-order valence-electron chi connectivity index (χ3n) is 3.77. The van der Waals surface area contributed by atoms with E-state index >= 15 is 0 Å². The number of nitrogens with one attached hydrogen (secondary N) is 1. The second-order valence-electron chi connectivity index (χ2n) is 5.22. The minimum Gasteiger partial charge on any atom is -0.493 e. The highest BCUT2D eigenvalue weighted by atomic mass is 16.5. The Hall–Kier alpha value is -1.75. The molecule has 0 radical (unpaired) electrons. The molecular formula is C15H20N2O3. The molecule has 1 fully saturated rings. The lowest BCUT2D eigenvalue weighted by Gasteiger charge is -2.29. The highest BCUT2D eigenvalue weighted by Gasteiger charge is 2.22. The fourth-order valence-electron chi connectivity index (χ4n) is 2.65. The van der Waals surface area contributed by atoms with Crippen molar-refractivity contribution < 1.29 is 14.3 Å². The molecule has 0 saturated carbocycles. The maximum absolute atomic E-state index is 12.3. The molecule has 1 saturated heterocycles. The van der Waals surface area contributed by atoms with Gasteiger partial charge in [-0.1, -0.05) is 0 Å². The molecule has 1 amide bonds. The first-order valence-corrected chi connectivity index (χ1v) is 7.13. The van der Waals surface area contributed by atoms with Crippen LogP contribution in [0.3, 0.4) is 0 Å². The molecule has 2 heterocycles. The number of carbonyl (C=O) groups is 1. The molecule has 20 heavy (non-hydrogen) atoms. The number of rotatable bonds is 3. The summed E-state index contributed by atoms with van der Waals surface area (Å²) in [6.07, 6.45) is 0.941. The summed E-state index contributed by atoms with van der Waals surface area (Å²) in [5.41, 5.74) is 2.18. The van der Waals surface area contributed by atoms with E-state index in [1.54, 1.807) is 0 Å². The third kappa shape index (κ3) is 2.72. The van der Waals surface area contributed by atoms with Crippen molar-refractivity contribution in [2.75, 3.05) is 38.2 Å². The number of nitrogens with zero attached hydrogens (tertiary/aromatic N) is 1. The Morgan fingerprint density at radius 3 is 2.90 bits per heavy atom. The van der Waals surface area contributed by atoms with Crippen LogP contribution in [0.2, 0.25) is 0 Å². The first-order chi connectivity index (χ1) is 9.74. The van der Waals surface area contributed by atoms with Crippen LogP contribution < -0.4 is 10.1 Å². The Bertz CT molecular complexity index is 498. The van der Waals surface area contributed by atoms with Gasteiger partial charge in [-0.25, -0.2) is 0 Å². The molecule has 1 aromatic carbocycles. The highest BCUT2D eigenvalue weighted by Crippen LogP contribution is 2.28. The zero-order valence-electron chi connectivity index (χ0n) is 11.7. The summed E-state index contributed by atoms with van der Waals surface area (Å²) in [6.45, 7) is 5.29. The maximum atomic E-state index is 12.3. The Morgan fingerprint density at radius 1 is 1.30 bits per heavy atom. The van der Waals surface area contributed by atoms with Crippen molar-refractivity contribution in [2.45, 2.75) is 19.4 Å². The molecule has 0 aromatic heterocycles. The van der Waals surface area contributed by atoms with Crippen LogP contribution >= 0.6 is 0 Å². The number of hydrogen-bond donors (Lipinski definition) is 1. The average molecular weight is 276 g/mol. The third-order valence-corrected chi connectivity index (χ3v) is 3.77. The lowest BCUT2D eigenvalue weighted by molar-refractivity contribution is -0.135. The number of anilines is 1. The van der Waals surface area contributed by atoms with Crippen LogP contribution in [-0.4, -0.2) is 49.8 Å². The Labute approximate surface area is 118 Å². The molecule has 0 bridgehead atoms. The van der Waals surface area contributed by atoms with E-state index in [-0.39, 0.29) is 11.9 Å². The van der Waals surface area contributed by atoms with Crippen LogP contribution in [0, 0.1) is 0 Å². The summed E-state index contributed by atoms with van der Waals surface area (Å²) in [4.78, 5) is 14.2. The van der Waals surface area contributed by atoms with Gasteiger partial charge in [-0.3, -0.25) is 4.79 Å². The highest BCUT2D eigenvalue weighted by molar-refractivity contribution is 5.84. The van der Waals surface area contributed by atoms with Gasteiger partial charge < -0.3 is 19.7 Å². The number of ether oxygens (including phenoxy) is 2. The van der Waals surface area contributed by atoms with E-state index in [0.29, 0.717) is 26.3 Å². The summed E-state index contributed by atoms with van der Waals surface area (Å²) in [5.74, 6) is 1.09. The van der Waals surface area contributed by atoms with Crippen molar-refractivity contribution in [1.82, 2.24) is 4.90 Å². The van der Waals surface area contributed by atoms with E-state index in [1.165, 1.54) is 5.56 Å². The van der Waals surface area contributed by atoms with E-state index in [1.807, 2.05) is 24.0 Å². The Kier molecular flexibility index (Phi) is 3.78. The van der Waals surface area contributed by atoms with Gasteiger partial charge in [0.1, 0.15) is 11.8 Å². The number of amides is 1. The predicted molar refractivity (Wildman–Crippen MR) is 76.1 cm³/mol. The molecule has 2 aliphatic rings. The van der Waals surface area contributed by atoms with Crippen LogP contribution in [-0.2, 0) is 16.0 Å². The molecule has 0 unspecified atom stereocenters. The summed E-state index contributed by atoms with van der Waals surface area (Å²) in [5, 5.41) is 3.28. The van der Waals surface area contributed by atoms with Crippen molar-refractivity contribution in [3.8, 4) is 5.75 Å². The molecule has 0 spiro atoms. The summed E-state index contributed by atoms with van der Waals surface area (Å²) in [6, 6.07) is 5.78. The number of hydrogen-bond acceptors (Lipinski definition) is 4. The first kappa shape index (κ1) is 13.2. The first-order valence-electron chi connectivity index (χ1n) is 7.13. The van der Waals surface area contributed by atoms with Crippen LogP contribution in [0.15, 0.2) is 18.2 Å². The second-order valence-corrected chi connectivity index (χ2v) is 5.22. The molecule has 2 aliphatic heterocycles. The maximum Gasteiger partial charge on any atom is 0.244 e. The molecule has 0 aliphatic carbocycles. The van der Waals surface area contributed by atoms with Gasteiger partial charge in [-0.05, 0) is 30.7 Å². The van der Waals surface area contributed by atoms with E-state index in [0.717, 1.165) is 24.5 Å². The normalized spacial score (nSPS) is 19.1. The van der Waals surface area contributed by atoms with Gasteiger partial charge in [0.2, 0.25) is 5.91 Å². The lowest BCUT2D eigenvalue weighted by Crippen LogP contribution is -2.46. The van der Waals surface area contributed by atoms with Gasteiger partial charge in [-0.2, -0.15) is 0 Å². The predicted octanol–water partition coefficient (Wildman–Crippen LogP) is 1.28. The van der Waals surface area contributed by atoms with Crippen LogP contribution in [0.1, 0.15) is 12.5 Å². The Balaban J connectivity index is 1.63. The van der Waals surface area contributed by atoms with Gasteiger partial charge in [-0.15, -0.1) is 0 Å². The summed E-state index contributed by atoms with van der Waals surface area (Å²) < 4.78 is 10.8. The Morgan fingerprint density at radius 2 is 2.10 bits per heavy atom. The van der Waals surface area contributed by atoms with E-state index in [4.69, 9.17) is 9.47 Å². The van der Waals surface area contributed by atoms with Crippen molar-refractivity contribution in [3.05, 3.63) is 23.8 Å². The monoisotopic (exact) mass is 276 g/mol. The zero-order chi connectivity index (χ0) is 13.9. The average Bonchev–Trinajstić information content (AvgIpc) is 2.95. The molecule has 5 heteroatoms. The minimum atomic E-state index is -0.228. The van der Waals surface area contributed by atoms with Crippen LogP contribution in [0.4, 0.5) is 5.69 Å². The number of carbonyl (C=O) groups excluding carboxylic acids is 1. The quantitative estimate of drug-likeness (QED) is 0.903. The van der Waals surface area contributed by atoms with E-state index < -0.39 is 0 Å². The van der Waals surface area contributed by atoms with Gasteiger partial charge in [0.15, 0.2) is 0 Å². The van der Waals surface area contributed by atoms with Crippen molar-refractivity contribution in [3.63, 3.8) is 0 Å². The van der Waals surface area contributed by atoms with Gasteiger partial charge in [0.25, 0.3) is 0 Å². The van der Waals surface area contributed by atoms with Gasteiger partial charge in [0.05, 0.1) is 19.8 Å². The number of benzene rings is 1. The second kappa shape index (κ2) is 5.71. The standard InChI is InChI=1S/C15H20N2O3/c1-11(15(18)17-5-8-19-9-6-17)16-13-2-3-14-12(10-13)4-7-20-14/h2-3,10-11,16H,4-9H2,1H3/t11-/m1/s1. The van der Waals surface area contributed by atoms with Crippen molar-refractivity contribution in [2.24, 2.45) is 0 Å². The van der Waals surface area contributed by atoms with Crippen molar-refractivity contribution in [1.29, 1.82) is 0 Å². The molecule has 1 atom stereocenters. The van der Waals surface area contributed by atoms with Crippen LogP contribution in [0.5, 0.6) is 5.75 Å². The SMILES string of the molecule is C[C@@H](Nc1ccc2c(c1)CCO2)C(=O)N1CCOCC1. The van der Waals surface area contributed by atoms with Gasteiger partial charge >= 0.3 is 0 Å². The van der Waals surface area contributed by atoms with E-state index in [2.05, 4.69) is 11.4 Å². The smallest absolute Gasteiger partial charge is 0.244 e. The number of morpholine rings is 1. The molecular weight excluding hydrogens is 256 g/mol. The minimum absolute atomic E-state index is 0.130.